The first-order valence-electron chi connectivity index (χ1n) is 2.73. The average molecular weight is 194 g/mol. The van der Waals surface area contributed by atoms with Gasteiger partial charge in [0.2, 0.25) is 0 Å². The van der Waals surface area contributed by atoms with Gasteiger partial charge in [0.1, 0.15) is 6.20 Å². The van der Waals surface area contributed by atoms with Gasteiger partial charge in [-0.05, 0) is 6.07 Å². The van der Waals surface area contributed by atoms with Gasteiger partial charge in [-0.1, -0.05) is 6.07 Å². The standard InChI is InChI=1S/C5H5ClN2O2S/c6-11(9,10)8-4-2-1-3-5(8)7/h1-4,7H/p+1. The number of hydrogen-bond acceptors (Lipinski definition) is 3. The van der Waals surface area contributed by atoms with Crippen molar-refractivity contribution in [3.05, 3.63) is 24.4 Å². The van der Waals surface area contributed by atoms with Crippen LogP contribution in [0.2, 0.25) is 0 Å². The molecular formula is C5H6ClN2O2S+. The summed E-state index contributed by atoms with van der Waals surface area (Å²) in [4.78, 5) is 0. The quantitative estimate of drug-likeness (QED) is 0.500. The van der Waals surface area contributed by atoms with Gasteiger partial charge in [0, 0.05) is 6.07 Å². The minimum atomic E-state index is -3.77. The molecule has 0 aliphatic rings. The number of nitrogens with zero attached hydrogens (tertiary/aromatic N) is 1. The van der Waals surface area contributed by atoms with Gasteiger partial charge < -0.3 is 0 Å². The molecule has 0 saturated heterocycles. The van der Waals surface area contributed by atoms with Crippen LogP contribution in [0.3, 0.4) is 0 Å². The minimum absolute atomic E-state index is 0.0856. The van der Waals surface area contributed by atoms with Crippen molar-refractivity contribution in [2.45, 2.75) is 0 Å². The Morgan fingerprint density at radius 3 is 2.45 bits per heavy atom. The first kappa shape index (κ1) is 8.29. The van der Waals surface area contributed by atoms with Crippen LogP contribution in [0.15, 0.2) is 24.4 Å². The molecule has 1 rings (SSSR count). The summed E-state index contributed by atoms with van der Waals surface area (Å²) in [6.07, 6.45) is 1.28. The topological polar surface area (TPSA) is 64.0 Å². The Hall–Kier alpha value is -0.810. The van der Waals surface area contributed by atoms with Gasteiger partial charge in [-0.15, -0.1) is 3.97 Å². The third kappa shape index (κ3) is 1.81. The van der Waals surface area contributed by atoms with Crippen LogP contribution in [0.4, 0.5) is 5.82 Å². The molecule has 0 amide bonds. The van der Waals surface area contributed by atoms with Crippen LogP contribution in [0.25, 0.3) is 0 Å². The lowest BCUT2D eigenvalue weighted by molar-refractivity contribution is -0.491. The molecule has 1 aromatic rings. The molecule has 1 heterocycles. The summed E-state index contributed by atoms with van der Waals surface area (Å²) in [7, 11) is 1.25. The summed E-state index contributed by atoms with van der Waals surface area (Å²) in [6, 6.07) is 4.59. The molecule has 2 N–H and O–H groups in total. The number of rotatable bonds is 1. The number of pyridine rings is 1. The van der Waals surface area contributed by atoms with Crippen LogP contribution in [0.5, 0.6) is 0 Å². The van der Waals surface area contributed by atoms with Crippen molar-refractivity contribution in [3.8, 4) is 0 Å². The minimum Gasteiger partial charge on any atom is -0.286 e. The summed E-state index contributed by atoms with van der Waals surface area (Å²) in [5, 5.41) is 0. The van der Waals surface area contributed by atoms with Crippen molar-refractivity contribution in [3.63, 3.8) is 0 Å². The fraction of sp³-hybridized carbons (Fsp3) is 0. The van der Waals surface area contributed by atoms with Gasteiger partial charge in [-0.2, -0.15) is 8.42 Å². The first-order chi connectivity index (χ1) is 5.02. The highest BCUT2D eigenvalue weighted by Gasteiger charge is 2.15. The maximum absolute atomic E-state index is 10.7. The van der Waals surface area contributed by atoms with E-state index in [1.165, 1.54) is 18.3 Å². The lowest BCUT2D eigenvalue weighted by Gasteiger charge is -1.94. The number of anilines is 1. The van der Waals surface area contributed by atoms with Crippen LogP contribution in [-0.4, -0.2) is 8.42 Å². The molecule has 11 heavy (non-hydrogen) atoms. The lowest BCUT2D eigenvalue weighted by atomic mass is 10.5. The van der Waals surface area contributed by atoms with E-state index in [4.69, 9.17) is 16.4 Å². The van der Waals surface area contributed by atoms with Crippen LogP contribution in [0.1, 0.15) is 0 Å². The Balaban J connectivity index is 3.37. The fourth-order valence-corrected chi connectivity index (χ4v) is 1.55. The third-order valence-electron chi connectivity index (χ3n) is 1.09. The molecule has 0 bridgehead atoms. The smallest absolute Gasteiger partial charge is 0.286 e. The van der Waals surface area contributed by atoms with Crippen molar-refractivity contribution in [2.24, 2.45) is 0 Å². The second kappa shape index (κ2) is 2.67. The third-order valence-corrected chi connectivity index (χ3v) is 2.34. The Bertz CT molecular complexity index is 363. The van der Waals surface area contributed by atoms with E-state index in [9.17, 15) is 8.42 Å². The van der Waals surface area contributed by atoms with E-state index in [0.29, 0.717) is 0 Å². The summed E-state index contributed by atoms with van der Waals surface area (Å²) < 4.78 is 22.2. The van der Waals surface area contributed by atoms with E-state index >= 15 is 0 Å². The molecule has 0 spiro atoms. The van der Waals surface area contributed by atoms with Crippen LogP contribution in [0, 0.1) is 0 Å². The highest BCUT2D eigenvalue weighted by molar-refractivity contribution is 8.08. The molecule has 0 atom stereocenters. The van der Waals surface area contributed by atoms with Crippen LogP contribution in [-0.2, 0) is 9.24 Å². The molecule has 0 fully saturated rings. The van der Waals surface area contributed by atoms with Crippen molar-refractivity contribution in [1.82, 2.24) is 0 Å². The molecule has 0 saturated carbocycles. The first-order valence-corrected chi connectivity index (χ1v) is 5.00. The fourth-order valence-electron chi connectivity index (χ4n) is 0.640. The number of nitrogens with two attached hydrogens (primary N) is 1. The Kier molecular flexibility index (Phi) is 2.01. The molecular weight excluding hydrogens is 188 g/mol. The maximum atomic E-state index is 10.7. The molecule has 0 aliphatic heterocycles. The summed E-state index contributed by atoms with van der Waals surface area (Å²) in [5.74, 6) is 0.0856. The predicted octanol–water partition coefficient (Wildman–Crippen LogP) is -0.112. The summed E-state index contributed by atoms with van der Waals surface area (Å²) in [6.45, 7) is 0. The van der Waals surface area contributed by atoms with Crippen LogP contribution < -0.4 is 9.71 Å². The largest absolute Gasteiger partial charge is 0.396 e. The van der Waals surface area contributed by atoms with Crippen molar-refractivity contribution < 1.29 is 12.4 Å². The van der Waals surface area contributed by atoms with Gasteiger partial charge >= 0.3 is 9.24 Å². The zero-order chi connectivity index (χ0) is 8.48. The molecule has 0 aromatic carbocycles. The van der Waals surface area contributed by atoms with E-state index in [0.717, 1.165) is 3.97 Å². The Labute approximate surface area is 68.8 Å². The number of halogens is 1. The molecule has 0 radical (unpaired) electrons. The van der Waals surface area contributed by atoms with E-state index < -0.39 is 9.24 Å². The van der Waals surface area contributed by atoms with E-state index in [2.05, 4.69) is 0 Å². The number of aromatic nitrogens is 1. The monoisotopic (exact) mass is 193 g/mol. The molecule has 0 aliphatic carbocycles. The average Bonchev–Trinajstić information content (AvgIpc) is 1.86. The Morgan fingerprint density at radius 2 is 2.09 bits per heavy atom. The SMILES string of the molecule is Nc1cccc[n+]1S(=O)(=O)Cl. The zero-order valence-electron chi connectivity index (χ0n) is 5.44. The lowest BCUT2D eigenvalue weighted by Crippen LogP contribution is -2.41. The predicted molar refractivity (Wildman–Crippen MR) is 41.2 cm³/mol. The molecule has 0 unspecified atom stereocenters. The van der Waals surface area contributed by atoms with Crippen molar-refractivity contribution >= 4 is 25.7 Å². The second-order valence-corrected chi connectivity index (χ2v) is 4.25. The summed E-state index contributed by atoms with van der Waals surface area (Å²) in [5.41, 5.74) is 5.31. The molecule has 1 aromatic heterocycles. The van der Waals surface area contributed by atoms with Gasteiger partial charge in [-0.25, -0.2) is 0 Å². The maximum Gasteiger partial charge on any atom is 0.396 e. The van der Waals surface area contributed by atoms with Crippen molar-refractivity contribution in [2.75, 3.05) is 5.73 Å². The Morgan fingerprint density at radius 1 is 1.45 bits per heavy atom. The number of nitrogen functional groups attached to an aromatic ring is 1. The highest BCUT2D eigenvalue weighted by atomic mass is 35.7. The van der Waals surface area contributed by atoms with Gasteiger partial charge in [0.05, 0.1) is 10.7 Å². The number of hydrogen-bond donors (Lipinski definition) is 1. The van der Waals surface area contributed by atoms with Crippen molar-refractivity contribution in [1.29, 1.82) is 0 Å². The normalized spacial score (nSPS) is 11.4. The second-order valence-electron chi connectivity index (χ2n) is 1.86. The van der Waals surface area contributed by atoms with Crippen LogP contribution >= 0.6 is 10.7 Å². The molecule has 6 heteroatoms. The zero-order valence-corrected chi connectivity index (χ0v) is 7.01. The summed E-state index contributed by atoms with van der Waals surface area (Å²) >= 11 is 0. The van der Waals surface area contributed by atoms with E-state index in [1.54, 1.807) is 6.07 Å². The highest BCUT2D eigenvalue weighted by Crippen LogP contribution is 1.97. The van der Waals surface area contributed by atoms with Gasteiger partial charge in [-0.3, -0.25) is 5.73 Å². The van der Waals surface area contributed by atoms with E-state index in [1.807, 2.05) is 0 Å². The van der Waals surface area contributed by atoms with E-state index in [-0.39, 0.29) is 5.82 Å². The molecule has 60 valence electrons. The molecule has 4 nitrogen and oxygen atoms in total. The van der Waals surface area contributed by atoms with Gasteiger partial charge in [0.15, 0.2) is 0 Å². The van der Waals surface area contributed by atoms with Gasteiger partial charge in [0.25, 0.3) is 5.82 Å².